The van der Waals surface area contributed by atoms with Gasteiger partial charge < -0.3 is 0 Å². The van der Waals surface area contributed by atoms with Crippen LogP contribution >= 0.6 is 0 Å². The zero-order valence-electron chi connectivity index (χ0n) is 15.1. The highest BCUT2D eigenvalue weighted by Gasteiger charge is 2.37. The number of hydrogen-bond donors (Lipinski definition) is 1. The van der Waals surface area contributed by atoms with Crippen LogP contribution in [0.1, 0.15) is 23.1 Å². The number of aryl methyl sites for hydroxylation is 2. The minimum atomic E-state index is -4.04. The molecule has 0 saturated carbocycles. The lowest BCUT2D eigenvalue weighted by Crippen LogP contribution is -2.29. The number of nitriles is 1. The second-order valence-corrected chi connectivity index (χ2v) is 9.95. The van der Waals surface area contributed by atoms with Gasteiger partial charge in [0.2, 0.25) is 15.9 Å². The number of carbonyl (C=O) groups excluding carboxylic acids is 1. The maximum atomic E-state index is 12.9. The number of nitrogens with one attached hydrogen (secondary N) is 1. The third-order valence-corrected chi connectivity index (χ3v) is 7.68. The van der Waals surface area contributed by atoms with E-state index in [1.165, 1.54) is 38.1 Å². The number of anilines is 2. The molecule has 1 aliphatic rings. The molecule has 1 amide bonds. The largest absolute Gasteiger partial charge is 0.278 e. The summed E-state index contributed by atoms with van der Waals surface area (Å²) in [4.78, 5) is 12.0. The lowest BCUT2D eigenvalue weighted by Gasteiger charge is -2.19. The van der Waals surface area contributed by atoms with Crippen LogP contribution in [0.3, 0.4) is 0 Å². The van der Waals surface area contributed by atoms with Gasteiger partial charge in [0.15, 0.2) is 0 Å². The molecule has 0 unspecified atom stereocenters. The van der Waals surface area contributed by atoms with Crippen LogP contribution in [0.5, 0.6) is 0 Å². The van der Waals surface area contributed by atoms with Crippen molar-refractivity contribution in [2.24, 2.45) is 0 Å². The molecule has 2 aromatic carbocycles. The van der Waals surface area contributed by atoms with Gasteiger partial charge in [0.05, 0.1) is 27.6 Å². The second kappa shape index (κ2) is 6.92. The van der Waals surface area contributed by atoms with Crippen molar-refractivity contribution in [2.45, 2.75) is 25.2 Å². The summed E-state index contributed by atoms with van der Waals surface area (Å²) in [5.41, 5.74) is 1.00. The van der Waals surface area contributed by atoms with Crippen LogP contribution in [0.4, 0.5) is 11.4 Å². The first-order valence-electron chi connectivity index (χ1n) is 8.26. The summed E-state index contributed by atoms with van der Waals surface area (Å²) in [5.74, 6) is -0.813. The molecule has 1 N–H and O–H groups in total. The number of nitrogens with zero attached hydrogens (tertiary/aromatic N) is 2. The number of amides is 1. The van der Waals surface area contributed by atoms with Crippen molar-refractivity contribution in [3.05, 3.63) is 53.1 Å². The molecule has 0 atom stereocenters. The number of carbonyl (C=O) groups is 1. The molecule has 0 bridgehead atoms. The first-order chi connectivity index (χ1) is 13.1. The molecular formula is C18H17N3O5S2. The standard InChI is InChI=1S/C18H17N3O5S2/c1-12-9-15(21-17(22)7-8-27(21,23)24)10-13(2)18(12)28(25,26)20-16-6-4-3-5-14(16)11-19/h3-6,9-10,20H,7-8H2,1-2H3. The van der Waals surface area contributed by atoms with Crippen molar-refractivity contribution < 1.29 is 21.6 Å². The molecule has 0 aliphatic carbocycles. The Bertz CT molecular complexity index is 1210. The molecule has 8 nitrogen and oxygen atoms in total. The minimum Gasteiger partial charge on any atom is -0.278 e. The number of benzene rings is 2. The zero-order chi connectivity index (χ0) is 20.7. The Morgan fingerprint density at radius 1 is 1.14 bits per heavy atom. The van der Waals surface area contributed by atoms with E-state index in [1.807, 2.05) is 6.07 Å². The summed E-state index contributed by atoms with van der Waals surface area (Å²) in [6.07, 6.45) is -0.104. The van der Waals surface area contributed by atoms with Crippen LogP contribution < -0.4 is 9.03 Å². The molecule has 10 heteroatoms. The fourth-order valence-electron chi connectivity index (χ4n) is 3.20. The highest BCUT2D eigenvalue weighted by Crippen LogP contribution is 2.32. The van der Waals surface area contributed by atoms with Crippen molar-refractivity contribution in [3.8, 4) is 6.07 Å². The Morgan fingerprint density at radius 3 is 2.29 bits per heavy atom. The normalized spacial score (nSPS) is 16.0. The van der Waals surface area contributed by atoms with Crippen LogP contribution in [-0.2, 0) is 24.8 Å². The van der Waals surface area contributed by atoms with E-state index in [-0.39, 0.29) is 45.1 Å². The zero-order valence-corrected chi connectivity index (χ0v) is 16.8. The maximum Gasteiger partial charge on any atom is 0.262 e. The Labute approximate surface area is 163 Å². The van der Waals surface area contributed by atoms with Crippen molar-refractivity contribution >= 4 is 37.3 Å². The molecule has 0 aromatic heterocycles. The topological polar surface area (TPSA) is 124 Å². The maximum absolute atomic E-state index is 12.9. The summed E-state index contributed by atoms with van der Waals surface area (Å²) in [7, 11) is -7.79. The molecule has 1 saturated heterocycles. The Hall–Kier alpha value is -2.90. The number of sulfonamides is 2. The average Bonchev–Trinajstić information content (AvgIpc) is 2.86. The molecule has 1 fully saturated rings. The molecular weight excluding hydrogens is 402 g/mol. The molecule has 1 heterocycles. The monoisotopic (exact) mass is 419 g/mol. The van der Waals surface area contributed by atoms with Gasteiger partial charge in [0.25, 0.3) is 10.0 Å². The predicted molar refractivity (Wildman–Crippen MR) is 104 cm³/mol. The minimum absolute atomic E-state index is 0.0342. The van der Waals surface area contributed by atoms with E-state index in [4.69, 9.17) is 5.26 Å². The lowest BCUT2D eigenvalue weighted by atomic mass is 10.1. The van der Waals surface area contributed by atoms with Crippen LogP contribution in [0.25, 0.3) is 0 Å². The van der Waals surface area contributed by atoms with E-state index < -0.39 is 26.0 Å². The summed E-state index contributed by atoms with van der Waals surface area (Å²) >= 11 is 0. The van der Waals surface area contributed by atoms with Gasteiger partial charge in [0, 0.05) is 6.42 Å². The Kier molecular flexibility index (Phi) is 4.91. The van der Waals surface area contributed by atoms with Gasteiger partial charge >= 0.3 is 0 Å². The highest BCUT2D eigenvalue weighted by molar-refractivity contribution is 7.94. The van der Waals surface area contributed by atoms with Crippen LogP contribution in [-0.4, -0.2) is 28.5 Å². The number of para-hydroxylation sites is 1. The molecule has 3 rings (SSSR count). The first-order valence-corrected chi connectivity index (χ1v) is 11.3. The average molecular weight is 419 g/mol. The van der Waals surface area contributed by atoms with Crippen LogP contribution in [0, 0.1) is 25.2 Å². The fraction of sp³-hybridized carbons (Fsp3) is 0.222. The lowest BCUT2D eigenvalue weighted by molar-refractivity contribution is -0.116. The Morgan fingerprint density at radius 2 is 1.75 bits per heavy atom. The molecule has 1 aliphatic heterocycles. The van der Waals surface area contributed by atoms with E-state index in [0.717, 1.165) is 4.31 Å². The van der Waals surface area contributed by atoms with Gasteiger partial charge in [0.1, 0.15) is 6.07 Å². The predicted octanol–water partition coefficient (Wildman–Crippen LogP) is 2.04. The van der Waals surface area contributed by atoms with Gasteiger partial charge in [-0.3, -0.25) is 9.52 Å². The van der Waals surface area contributed by atoms with Crippen molar-refractivity contribution in [3.63, 3.8) is 0 Å². The molecule has 28 heavy (non-hydrogen) atoms. The van der Waals surface area contributed by atoms with Crippen molar-refractivity contribution in [2.75, 3.05) is 14.8 Å². The molecule has 146 valence electrons. The second-order valence-electron chi connectivity index (χ2n) is 6.40. The van der Waals surface area contributed by atoms with Gasteiger partial charge in [-0.05, 0) is 49.2 Å². The van der Waals surface area contributed by atoms with E-state index in [1.54, 1.807) is 12.1 Å². The van der Waals surface area contributed by atoms with Crippen LogP contribution in [0.15, 0.2) is 41.3 Å². The van der Waals surface area contributed by atoms with Crippen LogP contribution in [0.2, 0.25) is 0 Å². The SMILES string of the molecule is Cc1cc(N2C(=O)CCS2(=O)=O)cc(C)c1S(=O)(=O)Nc1ccccc1C#N. The van der Waals surface area contributed by atoms with Gasteiger partial charge in [-0.2, -0.15) is 5.26 Å². The van der Waals surface area contributed by atoms with Gasteiger partial charge in [-0.1, -0.05) is 12.1 Å². The number of hydrogen-bond acceptors (Lipinski definition) is 6. The fourth-order valence-corrected chi connectivity index (χ4v) is 6.18. The van der Waals surface area contributed by atoms with E-state index in [0.29, 0.717) is 0 Å². The van der Waals surface area contributed by atoms with Crippen molar-refractivity contribution in [1.29, 1.82) is 5.26 Å². The van der Waals surface area contributed by atoms with E-state index >= 15 is 0 Å². The summed E-state index contributed by atoms with van der Waals surface area (Å²) in [6.45, 7) is 3.04. The Balaban J connectivity index is 2.06. The number of rotatable bonds is 4. The van der Waals surface area contributed by atoms with E-state index in [2.05, 4.69) is 4.72 Å². The first kappa shape index (κ1) is 19.9. The quantitative estimate of drug-likeness (QED) is 0.809. The van der Waals surface area contributed by atoms with Gasteiger partial charge in [-0.15, -0.1) is 0 Å². The van der Waals surface area contributed by atoms with Gasteiger partial charge in [-0.25, -0.2) is 21.1 Å². The smallest absolute Gasteiger partial charge is 0.262 e. The molecule has 2 aromatic rings. The van der Waals surface area contributed by atoms with Crippen molar-refractivity contribution in [1.82, 2.24) is 0 Å². The van der Waals surface area contributed by atoms with E-state index in [9.17, 15) is 21.6 Å². The third kappa shape index (κ3) is 3.46. The molecule has 0 spiro atoms. The summed E-state index contributed by atoms with van der Waals surface area (Å²) in [6, 6.07) is 10.8. The summed E-state index contributed by atoms with van der Waals surface area (Å²) < 4.78 is 53.2. The molecule has 0 radical (unpaired) electrons. The highest BCUT2D eigenvalue weighted by atomic mass is 32.2. The third-order valence-electron chi connectivity index (χ3n) is 4.32. The summed E-state index contributed by atoms with van der Waals surface area (Å²) in [5, 5.41) is 9.15.